The van der Waals surface area contributed by atoms with Gasteiger partial charge in [0.25, 0.3) is 0 Å². The number of carbonyl (C=O) groups is 2. The Bertz CT molecular complexity index is 481. The van der Waals surface area contributed by atoms with Crippen LogP contribution in [0, 0.1) is 0 Å². The maximum Gasteiger partial charge on any atom is 0.332 e. The van der Waals surface area contributed by atoms with Crippen molar-refractivity contribution in [1.82, 2.24) is 0 Å². The lowest BCUT2D eigenvalue weighted by atomic mass is 10.1. The molecule has 0 saturated carbocycles. The lowest BCUT2D eigenvalue weighted by molar-refractivity contribution is -0.155. The summed E-state index contributed by atoms with van der Waals surface area (Å²) in [6.45, 7) is 5.23. The Morgan fingerprint density at radius 3 is 2.26 bits per heavy atom. The van der Waals surface area contributed by atoms with Crippen LogP contribution in [0.4, 0.5) is 0 Å². The molecule has 1 rings (SSSR count). The maximum atomic E-state index is 11.6. The van der Waals surface area contributed by atoms with Gasteiger partial charge in [0.05, 0.1) is 6.42 Å². The molecule has 0 atom stereocenters. The molecular weight excluding hydrogens is 244 g/mol. The number of aliphatic carboxylic acids is 1. The van der Waals surface area contributed by atoms with Crippen molar-refractivity contribution in [2.75, 3.05) is 0 Å². The van der Waals surface area contributed by atoms with Gasteiger partial charge in [0.1, 0.15) is 5.60 Å². The van der Waals surface area contributed by atoms with E-state index in [9.17, 15) is 9.59 Å². The van der Waals surface area contributed by atoms with Gasteiger partial charge in [-0.05, 0) is 32.4 Å². The minimum Gasteiger partial charge on any atom is -0.478 e. The van der Waals surface area contributed by atoms with Crippen molar-refractivity contribution in [2.24, 2.45) is 0 Å². The molecule has 0 spiro atoms. The smallest absolute Gasteiger partial charge is 0.332 e. The molecule has 0 aromatic heterocycles. The van der Waals surface area contributed by atoms with Crippen LogP contribution in [0.1, 0.15) is 32.8 Å². The molecular formula is C15H18O4. The third kappa shape index (κ3) is 5.86. The Labute approximate surface area is 112 Å². The molecule has 0 aliphatic carbocycles. The Hall–Kier alpha value is -2.10. The van der Waals surface area contributed by atoms with Crippen molar-refractivity contribution in [2.45, 2.75) is 32.8 Å². The molecule has 0 bridgehead atoms. The Morgan fingerprint density at radius 1 is 1.21 bits per heavy atom. The van der Waals surface area contributed by atoms with E-state index in [1.807, 2.05) is 6.07 Å². The second-order valence-electron chi connectivity index (χ2n) is 5.15. The average Bonchev–Trinajstić information content (AvgIpc) is 2.26. The van der Waals surface area contributed by atoms with Crippen LogP contribution in [0.2, 0.25) is 0 Å². The zero-order chi connectivity index (χ0) is 14.5. The molecule has 1 aromatic rings. The SMILES string of the molecule is CC(C)(C)OC(=O)CC(=Cc1ccccc1)C(=O)O. The first-order valence-electron chi connectivity index (χ1n) is 5.99. The lowest BCUT2D eigenvalue weighted by Gasteiger charge is -2.19. The van der Waals surface area contributed by atoms with E-state index in [-0.39, 0.29) is 12.0 Å². The highest BCUT2D eigenvalue weighted by atomic mass is 16.6. The summed E-state index contributed by atoms with van der Waals surface area (Å²) in [5, 5.41) is 9.11. The minimum atomic E-state index is -1.12. The van der Waals surface area contributed by atoms with Crippen LogP contribution in [-0.4, -0.2) is 22.6 Å². The summed E-state index contributed by atoms with van der Waals surface area (Å²) < 4.78 is 5.11. The lowest BCUT2D eigenvalue weighted by Crippen LogP contribution is -2.24. The molecule has 0 aliphatic heterocycles. The number of carboxylic acids is 1. The molecule has 0 radical (unpaired) electrons. The summed E-state index contributed by atoms with van der Waals surface area (Å²) in [5.41, 5.74) is 0.136. The van der Waals surface area contributed by atoms with Gasteiger partial charge in [-0.3, -0.25) is 4.79 Å². The van der Waals surface area contributed by atoms with Gasteiger partial charge in [-0.15, -0.1) is 0 Å². The van der Waals surface area contributed by atoms with E-state index in [2.05, 4.69) is 0 Å². The first-order chi connectivity index (χ1) is 8.78. The van der Waals surface area contributed by atoms with E-state index in [1.165, 1.54) is 6.08 Å². The van der Waals surface area contributed by atoms with Crippen LogP contribution in [0.5, 0.6) is 0 Å². The second-order valence-corrected chi connectivity index (χ2v) is 5.15. The monoisotopic (exact) mass is 262 g/mol. The van der Waals surface area contributed by atoms with Gasteiger partial charge in [0, 0.05) is 5.57 Å². The Morgan fingerprint density at radius 2 is 1.79 bits per heavy atom. The predicted octanol–water partition coefficient (Wildman–Crippen LogP) is 2.89. The fourth-order valence-corrected chi connectivity index (χ4v) is 1.47. The van der Waals surface area contributed by atoms with Crippen molar-refractivity contribution >= 4 is 18.0 Å². The minimum absolute atomic E-state index is 0.0143. The molecule has 0 aliphatic rings. The highest BCUT2D eigenvalue weighted by molar-refractivity contribution is 5.97. The van der Waals surface area contributed by atoms with Crippen molar-refractivity contribution in [3.63, 3.8) is 0 Å². The molecule has 0 fully saturated rings. The van der Waals surface area contributed by atoms with Gasteiger partial charge < -0.3 is 9.84 Å². The largest absolute Gasteiger partial charge is 0.478 e. The van der Waals surface area contributed by atoms with E-state index in [0.717, 1.165) is 5.56 Å². The Balaban J connectivity index is 2.83. The number of rotatable bonds is 4. The highest BCUT2D eigenvalue weighted by Crippen LogP contribution is 2.14. The predicted molar refractivity (Wildman–Crippen MR) is 72.5 cm³/mol. The molecule has 0 unspecified atom stereocenters. The average molecular weight is 262 g/mol. The van der Waals surface area contributed by atoms with Crippen LogP contribution >= 0.6 is 0 Å². The third-order valence-corrected chi connectivity index (χ3v) is 2.17. The second kappa shape index (κ2) is 6.18. The highest BCUT2D eigenvalue weighted by Gasteiger charge is 2.19. The molecule has 0 amide bonds. The number of carboxylic acid groups (broad SMARTS) is 1. The van der Waals surface area contributed by atoms with Gasteiger partial charge in [0.2, 0.25) is 0 Å². The number of carbonyl (C=O) groups excluding carboxylic acids is 1. The number of hydrogen-bond donors (Lipinski definition) is 1. The molecule has 0 saturated heterocycles. The summed E-state index contributed by atoms with van der Waals surface area (Å²) in [6, 6.07) is 9.00. The van der Waals surface area contributed by atoms with Gasteiger partial charge in [0.15, 0.2) is 0 Å². The molecule has 102 valence electrons. The summed E-state index contributed by atoms with van der Waals surface area (Å²) in [7, 11) is 0. The summed E-state index contributed by atoms with van der Waals surface area (Å²) in [5.74, 6) is -1.66. The van der Waals surface area contributed by atoms with E-state index in [0.29, 0.717) is 0 Å². The molecule has 1 N–H and O–H groups in total. The maximum absolute atomic E-state index is 11.6. The van der Waals surface area contributed by atoms with E-state index in [4.69, 9.17) is 9.84 Å². The number of esters is 1. The molecule has 0 heterocycles. The van der Waals surface area contributed by atoms with Gasteiger partial charge in [-0.1, -0.05) is 30.3 Å². The number of benzene rings is 1. The van der Waals surface area contributed by atoms with Crippen LogP contribution in [0.25, 0.3) is 6.08 Å². The van der Waals surface area contributed by atoms with Gasteiger partial charge >= 0.3 is 11.9 Å². The number of ether oxygens (including phenoxy) is 1. The molecule has 1 aromatic carbocycles. The molecule has 4 heteroatoms. The first kappa shape index (κ1) is 15.0. The third-order valence-electron chi connectivity index (χ3n) is 2.17. The zero-order valence-electron chi connectivity index (χ0n) is 11.3. The fraction of sp³-hybridized carbons (Fsp3) is 0.333. The fourth-order valence-electron chi connectivity index (χ4n) is 1.47. The normalized spacial score (nSPS) is 12.1. The van der Waals surface area contributed by atoms with E-state index < -0.39 is 17.5 Å². The summed E-state index contributed by atoms with van der Waals surface area (Å²) in [6.07, 6.45) is 1.23. The zero-order valence-corrected chi connectivity index (χ0v) is 11.3. The van der Waals surface area contributed by atoms with Crippen molar-refractivity contribution < 1.29 is 19.4 Å². The van der Waals surface area contributed by atoms with Crippen LogP contribution in [0.3, 0.4) is 0 Å². The van der Waals surface area contributed by atoms with Crippen LogP contribution in [0.15, 0.2) is 35.9 Å². The van der Waals surface area contributed by atoms with Crippen LogP contribution < -0.4 is 0 Å². The summed E-state index contributed by atoms with van der Waals surface area (Å²) >= 11 is 0. The Kier molecular flexibility index (Phi) is 4.87. The molecule has 4 nitrogen and oxygen atoms in total. The van der Waals surface area contributed by atoms with Crippen LogP contribution in [-0.2, 0) is 14.3 Å². The number of hydrogen-bond acceptors (Lipinski definition) is 3. The van der Waals surface area contributed by atoms with E-state index >= 15 is 0 Å². The van der Waals surface area contributed by atoms with Crippen molar-refractivity contribution in [3.8, 4) is 0 Å². The summed E-state index contributed by atoms with van der Waals surface area (Å²) in [4.78, 5) is 22.8. The standard InChI is InChI=1S/C15H18O4/c1-15(2,3)19-13(16)10-12(14(17)18)9-11-7-5-4-6-8-11/h4-9H,10H2,1-3H3,(H,17,18). The first-order valence-corrected chi connectivity index (χ1v) is 5.99. The quantitative estimate of drug-likeness (QED) is 0.669. The van der Waals surface area contributed by atoms with Gasteiger partial charge in [-0.25, -0.2) is 4.79 Å². The van der Waals surface area contributed by atoms with E-state index in [1.54, 1.807) is 45.0 Å². The van der Waals surface area contributed by atoms with Crippen molar-refractivity contribution in [3.05, 3.63) is 41.5 Å². The van der Waals surface area contributed by atoms with Gasteiger partial charge in [-0.2, -0.15) is 0 Å². The molecule has 19 heavy (non-hydrogen) atoms. The van der Waals surface area contributed by atoms with Crippen molar-refractivity contribution in [1.29, 1.82) is 0 Å². The topological polar surface area (TPSA) is 63.6 Å².